The predicted molar refractivity (Wildman–Crippen MR) is 110 cm³/mol. The Labute approximate surface area is 171 Å². The molecule has 2 amide bonds. The Kier molecular flexibility index (Phi) is 6.96. The molecule has 2 heterocycles. The zero-order chi connectivity index (χ0) is 20.8. The van der Waals surface area contributed by atoms with Crippen molar-refractivity contribution in [2.75, 3.05) is 13.1 Å². The highest BCUT2D eigenvalue weighted by Crippen LogP contribution is 2.28. The molecule has 29 heavy (non-hydrogen) atoms. The van der Waals surface area contributed by atoms with Gasteiger partial charge in [0, 0.05) is 37.7 Å². The van der Waals surface area contributed by atoms with E-state index in [4.69, 9.17) is 0 Å². The van der Waals surface area contributed by atoms with Gasteiger partial charge in [0.05, 0.1) is 11.3 Å². The molecule has 1 aromatic carbocycles. The van der Waals surface area contributed by atoms with Gasteiger partial charge in [-0.15, -0.1) is 0 Å². The molecule has 1 aliphatic rings. The van der Waals surface area contributed by atoms with Crippen molar-refractivity contribution >= 4 is 11.8 Å². The lowest BCUT2D eigenvalue weighted by Crippen LogP contribution is -2.40. The van der Waals surface area contributed by atoms with Gasteiger partial charge in [-0.05, 0) is 56.9 Å². The van der Waals surface area contributed by atoms with Crippen LogP contribution in [0.3, 0.4) is 0 Å². The molecule has 1 atom stereocenters. The highest BCUT2D eigenvalue weighted by molar-refractivity contribution is 5.95. The van der Waals surface area contributed by atoms with Crippen molar-refractivity contribution in [1.29, 1.82) is 0 Å². The number of amides is 2. The molecule has 1 saturated heterocycles. The minimum Gasteiger partial charge on any atom is -0.350 e. The fourth-order valence-corrected chi connectivity index (χ4v) is 3.80. The largest absolute Gasteiger partial charge is 0.350 e. The second-order valence-electron chi connectivity index (χ2n) is 7.83. The van der Waals surface area contributed by atoms with Crippen LogP contribution >= 0.6 is 0 Å². The van der Waals surface area contributed by atoms with Gasteiger partial charge >= 0.3 is 0 Å². The summed E-state index contributed by atoms with van der Waals surface area (Å²) in [5, 5.41) is 2.92. The van der Waals surface area contributed by atoms with Crippen LogP contribution < -0.4 is 5.32 Å². The molecule has 0 bridgehead atoms. The summed E-state index contributed by atoms with van der Waals surface area (Å²) in [6, 6.07) is 10.2. The summed E-state index contributed by atoms with van der Waals surface area (Å²) < 4.78 is 13.8. The van der Waals surface area contributed by atoms with Crippen molar-refractivity contribution in [2.24, 2.45) is 0 Å². The number of aromatic nitrogens is 1. The van der Waals surface area contributed by atoms with Crippen LogP contribution in [0.2, 0.25) is 0 Å². The van der Waals surface area contributed by atoms with Gasteiger partial charge in [-0.3, -0.25) is 14.6 Å². The van der Waals surface area contributed by atoms with E-state index in [1.807, 2.05) is 18.7 Å². The Morgan fingerprint density at radius 1 is 1.24 bits per heavy atom. The number of pyridine rings is 1. The number of hydrogen-bond donors (Lipinski definition) is 1. The van der Waals surface area contributed by atoms with E-state index < -0.39 is 0 Å². The molecule has 1 N–H and O–H groups in total. The van der Waals surface area contributed by atoms with Crippen molar-refractivity contribution in [2.45, 2.75) is 51.5 Å². The smallest absolute Gasteiger partial charge is 0.253 e. The number of benzene rings is 1. The zero-order valence-corrected chi connectivity index (χ0v) is 17.0. The topological polar surface area (TPSA) is 62.3 Å². The Hall–Kier alpha value is -2.76. The molecule has 0 radical (unpaired) electrons. The predicted octanol–water partition coefficient (Wildman–Crippen LogP) is 3.70. The van der Waals surface area contributed by atoms with E-state index >= 15 is 0 Å². The molecule has 1 aromatic heterocycles. The van der Waals surface area contributed by atoms with Crippen molar-refractivity contribution in [3.05, 3.63) is 65.2 Å². The van der Waals surface area contributed by atoms with E-state index in [1.165, 1.54) is 6.07 Å². The molecule has 5 nitrogen and oxygen atoms in total. The lowest BCUT2D eigenvalue weighted by molar-refractivity contribution is -0.132. The second kappa shape index (κ2) is 9.63. The van der Waals surface area contributed by atoms with Gasteiger partial charge in [-0.1, -0.05) is 18.2 Å². The molecule has 0 saturated carbocycles. The van der Waals surface area contributed by atoms with Crippen LogP contribution in [-0.4, -0.2) is 40.8 Å². The van der Waals surface area contributed by atoms with Crippen LogP contribution in [0.1, 0.15) is 60.6 Å². The first-order valence-corrected chi connectivity index (χ1v) is 10.2. The molecule has 6 heteroatoms. The monoisotopic (exact) mass is 397 g/mol. The molecule has 0 aliphatic carbocycles. The minimum atomic E-state index is -0.272. The number of aryl methyl sites for hydroxylation is 1. The van der Waals surface area contributed by atoms with E-state index in [9.17, 15) is 14.0 Å². The Bertz CT molecular complexity index is 869. The first-order valence-electron chi connectivity index (χ1n) is 10.2. The van der Waals surface area contributed by atoms with E-state index in [2.05, 4.69) is 10.3 Å². The van der Waals surface area contributed by atoms with Crippen molar-refractivity contribution in [3.8, 4) is 0 Å². The van der Waals surface area contributed by atoms with Gasteiger partial charge in [-0.25, -0.2) is 4.39 Å². The van der Waals surface area contributed by atoms with Crippen LogP contribution in [0.15, 0.2) is 42.6 Å². The highest BCUT2D eigenvalue weighted by Gasteiger charge is 2.28. The maximum atomic E-state index is 13.8. The molecular weight excluding hydrogens is 369 g/mol. The summed E-state index contributed by atoms with van der Waals surface area (Å²) in [6.07, 6.45) is 4.10. The number of halogens is 1. The number of rotatable bonds is 6. The van der Waals surface area contributed by atoms with E-state index in [0.29, 0.717) is 30.6 Å². The number of carbonyl (C=O) groups excluding carboxylic acids is 2. The molecule has 1 aliphatic heterocycles. The fraction of sp³-hybridized carbons (Fsp3) is 0.435. The number of carbonyl (C=O) groups is 2. The molecule has 0 unspecified atom stereocenters. The lowest BCUT2D eigenvalue weighted by atomic mass is 9.91. The van der Waals surface area contributed by atoms with Gasteiger partial charge in [0.25, 0.3) is 5.91 Å². The van der Waals surface area contributed by atoms with E-state index in [1.54, 1.807) is 36.5 Å². The number of nitrogens with one attached hydrogen (secondary N) is 1. The van der Waals surface area contributed by atoms with Gasteiger partial charge in [-0.2, -0.15) is 0 Å². The average molecular weight is 397 g/mol. The summed E-state index contributed by atoms with van der Waals surface area (Å²) in [7, 11) is 0. The molecule has 2 aromatic rings. The standard InChI is InChI=1S/C23H28FN3O2/c1-16(2)26-23(29)19-9-5-13-25-22(19)18-8-6-14-27(15-18)21(28)12-11-17-7-3-4-10-20(17)24/h3-5,7,9-10,13,16,18H,6,8,11-12,14-15H2,1-2H3,(H,26,29)/t18-/m1/s1. The van der Waals surface area contributed by atoms with Crippen LogP contribution in [0.5, 0.6) is 0 Å². The summed E-state index contributed by atoms with van der Waals surface area (Å²) in [4.78, 5) is 31.6. The normalized spacial score (nSPS) is 16.7. The molecule has 154 valence electrons. The van der Waals surface area contributed by atoms with Crippen molar-refractivity contribution in [3.63, 3.8) is 0 Å². The third-order valence-corrected chi connectivity index (χ3v) is 5.23. The number of nitrogens with zero attached hydrogens (tertiary/aromatic N) is 2. The molecular formula is C23H28FN3O2. The first-order chi connectivity index (χ1) is 14.0. The lowest BCUT2D eigenvalue weighted by Gasteiger charge is -2.33. The Balaban J connectivity index is 1.67. The SMILES string of the molecule is CC(C)NC(=O)c1cccnc1[C@@H]1CCCN(C(=O)CCc2ccccc2F)C1. The highest BCUT2D eigenvalue weighted by atomic mass is 19.1. The van der Waals surface area contributed by atoms with Crippen LogP contribution in [-0.2, 0) is 11.2 Å². The summed E-state index contributed by atoms with van der Waals surface area (Å²) in [5.41, 5.74) is 1.89. The van der Waals surface area contributed by atoms with Gasteiger partial charge in [0.2, 0.25) is 5.91 Å². The quantitative estimate of drug-likeness (QED) is 0.809. The van der Waals surface area contributed by atoms with Gasteiger partial charge < -0.3 is 10.2 Å². The number of likely N-dealkylation sites (tertiary alicyclic amines) is 1. The number of piperidine rings is 1. The van der Waals surface area contributed by atoms with Crippen molar-refractivity contribution in [1.82, 2.24) is 15.2 Å². The van der Waals surface area contributed by atoms with Crippen molar-refractivity contribution < 1.29 is 14.0 Å². The average Bonchev–Trinajstić information content (AvgIpc) is 2.72. The van der Waals surface area contributed by atoms with Crippen LogP contribution in [0.25, 0.3) is 0 Å². The maximum absolute atomic E-state index is 13.8. The third-order valence-electron chi connectivity index (χ3n) is 5.23. The summed E-state index contributed by atoms with van der Waals surface area (Å²) >= 11 is 0. The molecule has 0 spiro atoms. The third kappa shape index (κ3) is 5.40. The Morgan fingerprint density at radius 3 is 2.79 bits per heavy atom. The maximum Gasteiger partial charge on any atom is 0.253 e. The van der Waals surface area contributed by atoms with Crippen LogP contribution in [0.4, 0.5) is 4.39 Å². The van der Waals surface area contributed by atoms with Gasteiger partial charge in [0.1, 0.15) is 5.82 Å². The van der Waals surface area contributed by atoms with Gasteiger partial charge in [0.15, 0.2) is 0 Å². The molecule has 1 fully saturated rings. The zero-order valence-electron chi connectivity index (χ0n) is 17.0. The number of hydrogen-bond acceptors (Lipinski definition) is 3. The van der Waals surface area contributed by atoms with Crippen LogP contribution in [0, 0.1) is 5.82 Å². The molecule has 3 rings (SSSR count). The first kappa shape index (κ1) is 21.0. The summed E-state index contributed by atoms with van der Waals surface area (Å²) in [5.74, 6) is -0.366. The second-order valence-corrected chi connectivity index (χ2v) is 7.83. The fourth-order valence-electron chi connectivity index (χ4n) is 3.80. The minimum absolute atomic E-state index is 0.0158. The van der Waals surface area contributed by atoms with E-state index in [0.717, 1.165) is 18.5 Å². The van der Waals surface area contributed by atoms with E-state index in [-0.39, 0.29) is 36.0 Å². The summed E-state index contributed by atoms with van der Waals surface area (Å²) in [6.45, 7) is 5.07. The Morgan fingerprint density at radius 2 is 2.03 bits per heavy atom.